The van der Waals surface area contributed by atoms with E-state index >= 15 is 4.39 Å². The highest BCUT2D eigenvalue weighted by Crippen LogP contribution is 2.29. The Balaban J connectivity index is 1.46. The normalized spacial score (nSPS) is 20.6. The molecule has 0 bridgehead atoms. The van der Waals surface area contributed by atoms with E-state index in [-0.39, 0.29) is 30.7 Å². The molecule has 0 saturated carbocycles. The highest BCUT2D eigenvalue weighted by Gasteiger charge is 2.45. The van der Waals surface area contributed by atoms with Crippen LogP contribution in [-0.4, -0.2) is 57.9 Å². The third kappa shape index (κ3) is 6.02. The van der Waals surface area contributed by atoms with Crippen LogP contribution in [0.4, 0.5) is 14.9 Å². The van der Waals surface area contributed by atoms with Gasteiger partial charge in [-0.2, -0.15) is 0 Å². The van der Waals surface area contributed by atoms with Crippen molar-refractivity contribution in [2.24, 2.45) is 0 Å². The number of hydrogen-bond acceptors (Lipinski definition) is 7. The maximum atomic E-state index is 15.4. The van der Waals surface area contributed by atoms with Crippen molar-refractivity contribution in [2.45, 2.75) is 90.9 Å². The number of ether oxygens (including phenoxy) is 2. The quantitative estimate of drug-likeness (QED) is 0.421. The van der Waals surface area contributed by atoms with Crippen LogP contribution in [0.15, 0.2) is 30.3 Å². The number of fused-ring (bicyclic) bond motifs is 1. The van der Waals surface area contributed by atoms with E-state index in [0.717, 1.165) is 18.5 Å². The second-order valence-corrected chi connectivity index (χ2v) is 12.1. The molecule has 214 valence electrons. The SMILES string of the molecule is CC1OB(c2cc(CO)c(Cc3nc4cc(NC(=O)OC(C)(C)C)ccc4n3C[C@@H]3CCO3)cc2F)OC1(C)C. The molecule has 2 aliphatic rings. The molecular weight excluding hydrogens is 516 g/mol. The first-order valence-electron chi connectivity index (χ1n) is 13.7. The van der Waals surface area contributed by atoms with E-state index < -0.39 is 30.2 Å². The number of imidazole rings is 1. The van der Waals surface area contributed by atoms with Gasteiger partial charge in [0.15, 0.2) is 0 Å². The van der Waals surface area contributed by atoms with Crippen molar-refractivity contribution in [3.05, 3.63) is 53.1 Å². The van der Waals surface area contributed by atoms with Crippen molar-refractivity contribution in [3.8, 4) is 0 Å². The summed E-state index contributed by atoms with van der Waals surface area (Å²) in [5.41, 5.74) is 2.38. The number of halogens is 1. The van der Waals surface area contributed by atoms with Crippen LogP contribution < -0.4 is 10.8 Å². The van der Waals surface area contributed by atoms with Gasteiger partial charge in [-0.25, -0.2) is 14.2 Å². The summed E-state index contributed by atoms with van der Waals surface area (Å²) in [5, 5.41) is 13.0. The fraction of sp³-hybridized carbons (Fsp3) is 0.517. The molecule has 2 aliphatic heterocycles. The molecule has 2 saturated heterocycles. The molecule has 0 radical (unpaired) electrons. The first kappa shape index (κ1) is 28.5. The summed E-state index contributed by atoms with van der Waals surface area (Å²) in [6.07, 6.45) is 0.535. The molecule has 11 heteroatoms. The van der Waals surface area contributed by atoms with Crippen LogP contribution >= 0.6 is 0 Å². The molecule has 0 spiro atoms. The number of amides is 1. The second-order valence-electron chi connectivity index (χ2n) is 12.1. The van der Waals surface area contributed by atoms with Gasteiger partial charge in [-0.15, -0.1) is 0 Å². The van der Waals surface area contributed by atoms with Crippen LogP contribution in [0.3, 0.4) is 0 Å². The maximum Gasteiger partial charge on any atom is 0.497 e. The van der Waals surface area contributed by atoms with E-state index in [1.807, 2.05) is 26.8 Å². The van der Waals surface area contributed by atoms with Gasteiger partial charge in [-0.05, 0) is 83.4 Å². The van der Waals surface area contributed by atoms with Gasteiger partial charge in [0.1, 0.15) is 17.2 Å². The number of anilines is 1. The lowest BCUT2D eigenvalue weighted by Gasteiger charge is -2.27. The summed E-state index contributed by atoms with van der Waals surface area (Å²) in [6.45, 7) is 12.2. The Labute approximate surface area is 234 Å². The van der Waals surface area contributed by atoms with Crippen LogP contribution in [0, 0.1) is 5.82 Å². The van der Waals surface area contributed by atoms with Gasteiger partial charge in [-0.3, -0.25) is 5.32 Å². The van der Waals surface area contributed by atoms with E-state index in [9.17, 15) is 9.90 Å². The van der Waals surface area contributed by atoms with Gasteiger partial charge in [0, 0.05) is 24.2 Å². The van der Waals surface area contributed by atoms with Crippen LogP contribution in [0.2, 0.25) is 0 Å². The number of benzene rings is 2. The average molecular weight is 553 g/mol. The molecule has 2 fully saturated rings. The number of rotatable bonds is 7. The number of aliphatic hydroxyl groups excluding tert-OH is 1. The van der Waals surface area contributed by atoms with E-state index in [1.165, 1.54) is 6.07 Å². The van der Waals surface area contributed by atoms with Crippen LogP contribution in [0.25, 0.3) is 11.0 Å². The zero-order chi connectivity index (χ0) is 28.8. The highest BCUT2D eigenvalue weighted by atomic mass is 19.1. The highest BCUT2D eigenvalue weighted by molar-refractivity contribution is 6.62. The van der Waals surface area contributed by atoms with E-state index in [1.54, 1.807) is 39.0 Å². The number of nitrogens with zero attached hydrogens (tertiary/aromatic N) is 2. The standard InChI is InChI=1S/C29H37BFN3O6/c1-17-29(5,6)40-30(39-17)22-11-19(16-35)18(12-23(22)31)13-26-33-24-14-20(32-27(36)38-28(2,3)4)7-8-25(24)34(26)15-21-9-10-37-21/h7-8,11-12,14,17,21,35H,9-10,13,15-16H2,1-6H3,(H,32,36)/t17?,21-/m0/s1. The largest absolute Gasteiger partial charge is 0.497 e. The number of hydrogen-bond donors (Lipinski definition) is 2. The van der Waals surface area contributed by atoms with Crippen molar-refractivity contribution < 1.29 is 33.1 Å². The minimum atomic E-state index is -0.847. The second kappa shape index (κ2) is 10.8. The Bertz CT molecular complexity index is 1410. The Kier molecular flexibility index (Phi) is 7.69. The summed E-state index contributed by atoms with van der Waals surface area (Å²) in [5.74, 6) is 0.237. The monoisotopic (exact) mass is 553 g/mol. The smallest absolute Gasteiger partial charge is 0.444 e. The first-order valence-corrected chi connectivity index (χ1v) is 13.7. The molecule has 2 aromatic carbocycles. The fourth-order valence-electron chi connectivity index (χ4n) is 4.88. The molecule has 9 nitrogen and oxygen atoms in total. The molecule has 2 N–H and O–H groups in total. The number of aromatic nitrogens is 2. The van der Waals surface area contributed by atoms with Crippen molar-refractivity contribution in [1.29, 1.82) is 0 Å². The van der Waals surface area contributed by atoms with Crippen LogP contribution in [-0.2, 0) is 38.4 Å². The van der Waals surface area contributed by atoms with Gasteiger partial charge in [0.25, 0.3) is 0 Å². The van der Waals surface area contributed by atoms with E-state index in [2.05, 4.69) is 9.88 Å². The van der Waals surface area contributed by atoms with Gasteiger partial charge >= 0.3 is 13.2 Å². The minimum absolute atomic E-state index is 0.0640. The van der Waals surface area contributed by atoms with Gasteiger partial charge < -0.3 is 28.5 Å². The van der Waals surface area contributed by atoms with Gasteiger partial charge in [0.2, 0.25) is 0 Å². The summed E-state index contributed by atoms with van der Waals surface area (Å²) in [4.78, 5) is 17.2. The molecule has 3 aromatic rings. The number of aliphatic hydroxyl groups is 1. The van der Waals surface area contributed by atoms with Crippen molar-refractivity contribution >= 4 is 35.4 Å². The first-order chi connectivity index (χ1) is 18.8. The summed E-state index contributed by atoms with van der Waals surface area (Å²) in [6, 6.07) is 8.53. The van der Waals surface area contributed by atoms with Crippen molar-refractivity contribution in [1.82, 2.24) is 9.55 Å². The molecule has 5 rings (SSSR count). The van der Waals surface area contributed by atoms with E-state index in [0.29, 0.717) is 34.7 Å². The Hall–Kier alpha value is -2.99. The number of carbonyl (C=O) groups is 1. The van der Waals surface area contributed by atoms with E-state index in [4.69, 9.17) is 23.8 Å². The lowest BCUT2D eigenvalue weighted by Crippen LogP contribution is -2.37. The van der Waals surface area contributed by atoms with Gasteiger partial charge in [-0.1, -0.05) is 6.07 Å². The number of nitrogens with one attached hydrogen (secondary N) is 1. The summed E-state index contributed by atoms with van der Waals surface area (Å²) in [7, 11) is -0.847. The van der Waals surface area contributed by atoms with Crippen molar-refractivity contribution in [2.75, 3.05) is 11.9 Å². The Morgan fingerprint density at radius 1 is 1.27 bits per heavy atom. The Morgan fingerprint density at radius 2 is 2.02 bits per heavy atom. The lowest BCUT2D eigenvalue weighted by molar-refractivity contribution is -0.0589. The van der Waals surface area contributed by atoms with Crippen LogP contribution in [0.5, 0.6) is 0 Å². The molecule has 0 aliphatic carbocycles. The Morgan fingerprint density at radius 3 is 2.62 bits per heavy atom. The zero-order valence-corrected chi connectivity index (χ0v) is 23.9. The lowest BCUT2D eigenvalue weighted by atomic mass is 9.77. The topological polar surface area (TPSA) is 104 Å². The summed E-state index contributed by atoms with van der Waals surface area (Å²) < 4.78 is 40.4. The van der Waals surface area contributed by atoms with Crippen molar-refractivity contribution in [3.63, 3.8) is 0 Å². The third-order valence-corrected chi connectivity index (χ3v) is 7.46. The zero-order valence-electron chi connectivity index (χ0n) is 23.9. The minimum Gasteiger partial charge on any atom is -0.444 e. The molecule has 1 amide bonds. The predicted octanol–water partition coefficient (Wildman–Crippen LogP) is 4.30. The van der Waals surface area contributed by atoms with Gasteiger partial charge in [0.05, 0.1) is 42.0 Å². The molecular formula is C29H37BFN3O6. The van der Waals surface area contributed by atoms with Crippen LogP contribution in [0.1, 0.15) is 64.9 Å². The molecule has 1 unspecified atom stereocenters. The third-order valence-electron chi connectivity index (χ3n) is 7.46. The summed E-state index contributed by atoms with van der Waals surface area (Å²) >= 11 is 0. The molecule has 2 atom stereocenters. The average Bonchev–Trinajstić information content (AvgIpc) is 3.29. The predicted molar refractivity (Wildman–Crippen MR) is 150 cm³/mol. The number of carbonyl (C=O) groups excluding carboxylic acids is 1. The molecule has 40 heavy (non-hydrogen) atoms. The molecule has 3 heterocycles. The molecule has 1 aromatic heterocycles. The fourth-order valence-corrected chi connectivity index (χ4v) is 4.88. The maximum absolute atomic E-state index is 15.4.